The summed E-state index contributed by atoms with van der Waals surface area (Å²) in [4.78, 5) is 18.3. The standard InChI is InChI=1S/C28H25F5N4O2S/c1-15-10-16(25(38)39)11-21-22(15)35-26(40-21)36-8-6-27(7-9-36)12-17(13-27)23-18(24(29)30)14-34-37(23)20-5-3-2-4-19(20)28(31,32)33/h2-5,10-11,14,17,24H,6-9,12-13H2,1H3,(H,38,39). The smallest absolute Gasteiger partial charge is 0.418 e. The molecule has 12 heteroatoms. The van der Waals surface area contributed by atoms with E-state index in [0.717, 1.165) is 50.7 Å². The number of carboxylic acids is 1. The van der Waals surface area contributed by atoms with Gasteiger partial charge in [0.15, 0.2) is 5.13 Å². The first kappa shape index (κ1) is 26.7. The number of carbonyl (C=O) groups is 1. The molecule has 1 N–H and O–H groups in total. The number of aryl methyl sites for hydroxylation is 1. The van der Waals surface area contributed by atoms with Gasteiger partial charge in [0, 0.05) is 19.0 Å². The van der Waals surface area contributed by atoms with Crippen LogP contribution < -0.4 is 4.90 Å². The van der Waals surface area contributed by atoms with Crippen molar-refractivity contribution in [1.82, 2.24) is 14.8 Å². The van der Waals surface area contributed by atoms with Crippen molar-refractivity contribution in [2.24, 2.45) is 5.41 Å². The van der Waals surface area contributed by atoms with E-state index in [-0.39, 0.29) is 33.8 Å². The second-order valence-corrected chi connectivity index (χ2v) is 11.8. The number of benzene rings is 2. The van der Waals surface area contributed by atoms with E-state index < -0.39 is 24.1 Å². The first-order valence-electron chi connectivity index (χ1n) is 12.9. The summed E-state index contributed by atoms with van der Waals surface area (Å²) in [5.74, 6) is -1.31. The van der Waals surface area contributed by atoms with E-state index in [9.17, 15) is 31.9 Å². The van der Waals surface area contributed by atoms with Gasteiger partial charge < -0.3 is 10.0 Å². The Balaban J connectivity index is 1.21. The zero-order valence-corrected chi connectivity index (χ0v) is 22.2. The molecule has 0 radical (unpaired) electrons. The SMILES string of the molecule is Cc1cc(C(=O)O)cc2sc(N3CCC4(CC3)CC(c3c(C(F)F)cnn3-c3ccccc3C(F)(F)F)C4)nc12. The third kappa shape index (κ3) is 4.51. The molecule has 0 amide bonds. The minimum atomic E-state index is -4.65. The van der Waals surface area contributed by atoms with Gasteiger partial charge in [0.25, 0.3) is 6.43 Å². The predicted molar refractivity (Wildman–Crippen MR) is 141 cm³/mol. The monoisotopic (exact) mass is 576 g/mol. The molecular formula is C28H25F5N4O2S. The Morgan fingerprint density at radius 3 is 2.50 bits per heavy atom. The van der Waals surface area contributed by atoms with Crippen LogP contribution in [0, 0.1) is 12.3 Å². The number of aromatic carboxylic acids is 1. The van der Waals surface area contributed by atoms with Gasteiger partial charge in [-0.25, -0.2) is 23.2 Å². The lowest BCUT2D eigenvalue weighted by Gasteiger charge is -2.52. The minimum Gasteiger partial charge on any atom is -0.478 e. The molecule has 6 nitrogen and oxygen atoms in total. The molecule has 40 heavy (non-hydrogen) atoms. The Morgan fingerprint density at radius 2 is 1.85 bits per heavy atom. The second kappa shape index (κ2) is 9.53. The lowest BCUT2D eigenvalue weighted by Crippen LogP contribution is -2.47. The summed E-state index contributed by atoms with van der Waals surface area (Å²) in [5, 5.41) is 14.2. The first-order chi connectivity index (χ1) is 19.0. The summed E-state index contributed by atoms with van der Waals surface area (Å²) in [5.41, 5.74) is 0.401. The normalized spacial score (nSPS) is 17.6. The number of carboxylic acid groups (broad SMARTS) is 1. The molecule has 1 aliphatic heterocycles. The van der Waals surface area contributed by atoms with Gasteiger partial charge in [-0.3, -0.25) is 0 Å². The molecule has 0 unspecified atom stereocenters. The van der Waals surface area contributed by atoms with E-state index >= 15 is 0 Å². The van der Waals surface area contributed by atoms with Gasteiger partial charge in [-0.1, -0.05) is 23.5 Å². The molecule has 210 valence electrons. The van der Waals surface area contributed by atoms with Crippen LogP contribution in [0.3, 0.4) is 0 Å². The number of nitrogens with zero attached hydrogens (tertiary/aromatic N) is 4. The Hall–Kier alpha value is -3.54. The number of alkyl halides is 5. The summed E-state index contributed by atoms with van der Waals surface area (Å²) in [6.07, 6.45) is -3.70. The van der Waals surface area contributed by atoms with Crippen LogP contribution in [0.1, 0.15) is 70.8 Å². The molecule has 2 aromatic carbocycles. The third-order valence-corrected chi connectivity index (χ3v) is 9.33. The number of para-hydroxylation sites is 1. The molecule has 3 heterocycles. The fourth-order valence-electron chi connectivity index (χ4n) is 6.24. The van der Waals surface area contributed by atoms with Crippen molar-refractivity contribution in [1.29, 1.82) is 0 Å². The van der Waals surface area contributed by atoms with E-state index in [1.807, 2.05) is 6.92 Å². The molecule has 4 aromatic rings. The van der Waals surface area contributed by atoms with Crippen molar-refractivity contribution in [2.45, 2.75) is 51.1 Å². The minimum absolute atomic E-state index is 0.0811. The fraction of sp³-hybridized carbons (Fsp3) is 0.393. The highest BCUT2D eigenvalue weighted by atomic mass is 32.1. The maximum Gasteiger partial charge on any atom is 0.418 e. The summed E-state index contributed by atoms with van der Waals surface area (Å²) in [7, 11) is 0. The number of anilines is 1. The number of hydrogen-bond donors (Lipinski definition) is 1. The van der Waals surface area contributed by atoms with Crippen molar-refractivity contribution in [3.05, 3.63) is 70.5 Å². The number of hydrogen-bond acceptors (Lipinski definition) is 5. The number of halogens is 5. The molecule has 6 rings (SSSR count). The Morgan fingerprint density at radius 1 is 1.15 bits per heavy atom. The van der Waals surface area contributed by atoms with Gasteiger partial charge >= 0.3 is 12.1 Å². The van der Waals surface area contributed by atoms with Gasteiger partial charge in [0.05, 0.1) is 44.5 Å². The van der Waals surface area contributed by atoms with Crippen LogP contribution in [-0.4, -0.2) is 38.9 Å². The lowest BCUT2D eigenvalue weighted by atomic mass is 9.56. The maximum absolute atomic E-state index is 13.9. The largest absolute Gasteiger partial charge is 0.478 e. The van der Waals surface area contributed by atoms with Crippen LogP contribution >= 0.6 is 11.3 Å². The number of fused-ring (bicyclic) bond motifs is 1. The Bertz CT molecular complexity index is 1600. The van der Waals surface area contributed by atoms with Crippen LogP contribution in [0.15, 0.2) is 42.6 Å². The Kier molecular flexibility index (Phi) is 6.36. The molecule has 0 bridgehead atoms. The highest BCUT2D eigenvalue weighted by Gasteiger charge is 2.49. The number of thiazole rings is 1. The lowest BCUT2D eigenvalue weighted by molar-refractivity contribution is -0.137. The molecular weight excluding hydrogens is 551 g/mol. The van der Waals surface area contributed by atoms with Gasteiger partial charge in [0.2, 0.25) is 0 Å². The number of aromatic nitrogens is 3. The van der Waals surface area contributed by atoms with E-state index in [1.165, 1.54) is 29.5 Å². The van der Waals surface area contributed by atoms with Gasteiger partial charge in [-0.15, -0.1) is 0 Å². The summed E-state index contributed by atoms with van der Waals surface area (Å²) >= 11 is 1.45. The van der Waals surface area contributed by atoms with E-state index in [1.54, 1.807) is 12.1 Å². The van der Waals surface area contributed by atoms with Crippen LogP contribution in [-0.2, 0) is 6.18 Å². The van der Waals surface area contributed by atoms with Crippen molar-refractivity contribution >= 4 is 32.7 Å². The first-order valence-corrected chi connectivity index (χ1v) is 13.7. The molecule has 0 atom stereocenters. The van der Waals surface area contributed by atoms with Crippen molar-refractivity contribution in [3.8, 4) is 5.69 Å². The predicted octanol–water partition coefficient (Wildman–Crippen LogP) is 7.61. The summed E-state index contributed by atoms with van der Waals surface area (Å²) < 4.78 is 70.9. The van der Waals surface area contributed by atoms with Crippen molar-refractivity contribution in [2.75, 3.05) is 18.0 Å². The highest BCUT2D eigenvalue weighted by molar-refractivity contribution is 7.22. The summed E-state index contributed by atoms with van der Waals surface area (Å²) in [6, 6.07) is 8.16. The number of piperidine rings is 1. The fourth-order valence-corrected chi connectivity index (χ4v) is 7.38. The van der Waals surface area contributed by atoms with Crippen LogP contribution in [0.4, 0.5) is 27.1 Å². The second-order valence-electron chi connectivity index (χ2n) is 10.7. The van der Waals surface area contributed by atoms with Crippen LogP contribution in [0.2, 0.25) is 0 Å². The molecule has 1 saturated heterocycles. The van der Waals surface area contributed by atoms with Crippen LogP contribution in [0.25, 0.3) is 15.9 Å². The molecule has 2 aliphatic rings. The van der Waals surface area contributed by atoms with Gasteiger partial charge in [-0.2, -0.15) is 18.3 Å². The molecule has 2 fully saturated rings. The van der Waals surface area contributed by atoms with Crippen molar-refractivity contribution < 1.29 is 31.9 Å². The van der Waals surface area contributed by atoms with Crippen LogP contribution in [0.5, 0.6) is 0 Å². The van der Waals surface area contributed by atoms with Crippen molar-refractivity contribution in [3.63, 3.8) is 0 Å². The Labute approximate surface area is 230 Å². The van der Waals surface area contributed by atoms with Gasteiger partial charge in [-0.05, 0) is 67.9 Å². The van der Waals surface area contributed by atoms with E-state index in [0.29, 0.717) is 25.9 Å². The van der Waals surface area contributed by atoms with Gasteiger partial charge in [0.1, 0.15) is 0 Å². The number of rotatable bonds is 5. The van der Waals surface area contributed by atoms with E-state index in [2.05, 4.69) is 10.00 Å². The quantitative estimate of drug-likeness (QED) is 0.248. The topological polar surface area (TPSA) is 71.2 Å². The highest BCUT2D eigenvalue weighted by Crippen LogP contribution is 2.58. The molecule has 1 saturated carbocycles. The zero-order chi connectivity index (χ0) is 28.4. The third-order valence-electron chi connectivity index (χ3n) is 8.27. The summed E-state index contributed by atoms with van der Waals surface area (Å²) in [6.45, 7) is 3.24. The average Bonchev–Trinajstić information content (AvgIpc) is 3.52. The van der Waals surface area contributed by atoms with E-state index in [4.69, 9.17) is 4.98 Å². The zero-order valence-electron chi connectivity index (χ0n) is 21.4. The molecule has 1 spiro atoms. The average molecular weight is 577 g/mol. The maximum atomic E-state index is 13.9. The molecule has 2 aromatic heterocycles. The molecule has 1 aliphatic carbocycles.